The Morgan fingerprint density at radius 1 is 1.22 bits per heavy atom. The Kier molecular flexibility index (Phi) is 7.36. The van der Waals surface area contributed by atoms with Crippen molar-refractivity contribution in [3.63, 3.8) is 0 Å². The van der Waals surface area contributed by atoms with Crippen molar-refractivity contribution >= 4 is 5.96 Å². The first kappa shape index (κ1) is 17.8. The molecule has 1 atom stereocenters. The van der Waals surface area contributed by atoms with Crippen LogP contribution >= 0.6 is 0 Å². The first-order valence-electron chi connectivity index (χ1n) is 8.53. The Balaban J connectivity index is 1.85. The zero-order valence-electron chi connectivity index (χ0n) is 14.6. The first-order chi connectivity index (χ1) is 11.2. The Bertz CT molecular complexity index is 478. The molecule has 0 saturated carbocycles. The Morgan fingerprint density at radius 3 is 2.57 bits per heavy atom. The highest BCUT2D eigenvalue weighted by atomic mass is 16.5. The summed E-state index contributed by atoms with van der Waals surface area (Å²) in [5.74, 6) is 0.861. The fourth-order valence-corrected chi connectivity index (χ4v) is 2.64. The second-order valence-electron chi connectivity index (χ2n) is 6.27. The Hall–Kier alpha value is -1.59. The summed E-state index contributed by atoms with van der Waals surface area (Å²) in [5.41, 5.74) is 2.55. The largest absolute Gasteiger partial charge is 0.376 e. The lowest BCUT2D eigenvalue weighted by atomic mass is 10.1. The fraction of sp³-hybridized carbons (Fsp3) is 0.611. The average molecular weight is 318 g/mol. The molecule has 2 rings (SSSR count). The van der Waals surface area contributed by atoms with Crippen molar-refractivity contribution in [2.75, 3.05) is 33.8 Å². The van der Waals surface area contributed by atoms with Crippen LogP contribution in [-0.4, -0.2) is 50.8 Å². The number of nitrogens with zero attached hydrogens (tertiary/aromatic N) is 2. The van der Waals surface area contributed by atoms with Gasteiger partial charge in [-0.15, -0.1) is 0 Å². The minimum Gasteiger partial charge on any atom is -0.376 e. The number of hydrogen-bond acceptors (Lipinski definition) is 3. The van der Waals surface area contributed by atoms with E-state index in [2.05, 4.69) is 65.8 Å². The van der Waals surface area contributed by atoms with Crippen molar-refractivity contribution in [2.45, 2.75) is 39.0 Å². The Morgan fingerprint density at radius 2 is 1.96 bits per heavy atom. The van der Waals surface area contributed by atoms with Crippen LogP contribution in [0.5, 0.6) is 0 Å². The molecular weight excluding hydrogens is 288 g/mol. The third-order valence-electron chi connectivity index (χ3n) is 3.81. The van der Waals surface area contributed by atoms with E-state index < -0.39 is 0 Å². The molecule has 0 spiro atoms. The van der Waals surface area contributed by atoms with Crippen molar-refractivity contribution in [1.82, 2.24) is 15.5 Å². The smallest absolute Gasteiger partial charge is 0.191 e. The number of nitrogens with one attached hydrogen (secondary N) is 2. The minimum atomic E-state index is 0.323. The van der Waals surface area contributed by atoms with E-state index >= 15 is 0 Å². The topological polar surface area (TPSA) is 48.9 Å². The molecule has 1 aliphatic heterocycles. The average Bonchev–Trinajstić information content (AvgIpc) is 3.04. The third kappa shape index (κ3) is 6.59. The fourth-order valence-electron chi connectivity index (χ4n) is 2.64. The molecule has 1 aromatic rings. The maximum absolute atomic E-state index is 5.64. The van der Waals surface area contributed by atoms with E-state index in [4.69, 9.17) is 4.74 Å². The lowest BCUT2D eigenvalue weighted by molar-refractivity contribution is 0.114. The number of aliphatic imine (C=N–C) groups is 1. The van der Waals surface area contributed by atoms with Gasteiger partial charge in [0.05, 0.1) is 12.6 Å². The zero-order chi connectivity index (χ0) is 16.5. The standard InChI is InChI=1S/C18H30N4O/c1-4-19-18(21-13-17-6-5-11-23-17)20-12-15-7-9-16(10-8-15)14-22(2)3/h7-10,17H,4-6,11-14H2,1-3H3,(H2,19,20,21). The summed E-state index contributed by atoms with van der Waals surface area (Å²) in [5, 5.41) is 6.67. The third-order valence-corrected chi connectivity index (χ3v) is 3.81. The molecule has 1 aliphatic rings. The quantitative estimate of drug-likeness (QED) is 0.596. The van der Waals surface area contributed by atoms with Gasteiger partial charge in [0.25, 0.3) is 0 Å². The van der Waals surface area contributed by atoms with Gasteiger partial charge in [0, 0.05) is 26.2 Å². The highest BCUT2D eigenvalue weighted by molar-refractivity contribution is 5.79. The van der Waals surface area contributed by atoms with Gasteiger partial charge in [0.1, 0.15) is 0 Å². The lowest BCUT2D eigenvalue weighted by Gasteiger charge is -2.15. The molecule has 1 unspecified atom stereocenters. The van der Waals surface area contributed by atoms with Crippen LogP contribution in [0.25, 0.3) is 0 Å². The SMILES string of the molecule is CCNC(=NCc1ccc(CN(C)C)cc1)NCC1CCCO1. The molecule has 23 heavy (non-hydrogen) atoms. The Labute approximate surface area is 140 Å². The molecule has 1 aromatic carbocycles. The lowest BCUT2D eigenvalue weighted by Crippen LogP contribution is -2.41. The van der Waals surface area contributed by atoms with E-state index in [1.165, 1.54) is 17.5 Å². The van der Waals surface area contributed by atoms with Crippen molar-refractivity contribution in [2.24, 2.45) is 4.99 Å². The summed E-state index contributed by atoms with van der Waals surface area (Å²) in [6, 6.07) is 8.67. The van der Waals surface area contributed by atoms with E-state index in [9.17, 15) is 0 Å². The number of benzene rings is 1. The molecule has 0 amide bonds. The number of rotatable bonds is 7. The predicted molar refractivity (Wildman–Crippen MR) is 95.6 cm³/mol. The van der Waals surface area contributed by atoms with Gasteiger partial charge in [0.15, 0.2) is 5.96 Å². The zero-order valence-corrected chi connectivity index (χ0v) is 14.6. The maximum Gasteiger partial charge on any atom is 0.191 e. The molecular formula is C18H30N4O. The monoisotopic (exact) mass is 318 g/mol. The predicted octanol–water partition coefficient (Wildman–Crippen LogP) is 1.98. The van der Waals surface area contributed by atoms with E-state index in [1.54, 1.807) is 0 Å². The van der Waals surface area contributed by atoms with Crippen LogP contribution < -0.4 is 10.6 Å². The molecule has 5 nitrogen and oxygen atoms in total. The van der Waals surface area contributed by atoms with E-state index in [0.29, 0.717) is 12.6 Å². The minimum absolute atomic E-state index is 0.323. The van der Waals surface area contributed by atoms with Crippen molar-refractivity contribution in [1.29, 1.82) is 0 Å². The summed E-state index contributed by atoms with van der Waals surface area (Å²) in [6.07, 6.45) is 2.63. The van der Waals surface area contributed by atoms with Crippen LogP contribution in [0.15, 0.2) is 29.3 Å². The van der Waals surface area contributed by atoms with E-state index in [1.807, 2.05) is 0 Å². The highest BCUT2D eigenvalue weighted by Crippen LogP contribution is 2.10. The van der Waals surface area contributed by atoms with Gasteiger partial charge in [-0.3, -0.25) is 0 Å². The van der Waals surface area contributed by atoms with Gasteiger partial charge in [-0.25, -0.2) is 4.99 Å². The first-order valence-corrected chi connectivity index (χ1v) is 8.53. The van der Waals surface area contributed by atoms with E-state index in [0.717, 1.165) is 38.6 Å². The van der Waals surface area contributed by atoms with Gasteiger partial charge >= 0.3 is 0 Å². The summed E-state index contributed by atoms with van der Waals surface area (Å²) in [7, 11) is 4.17. The van der Waals surface area contributed by atoms with E-state index in [-0.39, 0.29) is 0 Å². The number of ether oxygens (including phenoxy) is 1. The molecule has 0 aliphatic carbocycles. The molecule has 2 N–H and O–H groups in total. The maximum atomic E-state index is 5.64. The molecule has 5 heteroatoms. The molecule has 0 aromatic heterocycles. The molecule has 0 radical (unpaired) electrons. The van der Waals surface area contributed by atoms with Gasteiger partial charge in [0.2, 0.25) is 0 Å². The summed E-state index contributed by atoms with van der Waals surface area (Å²) in [6.45, 7) is 6.31. The molecule has 1 saturated heterocycles. The number of hydrogen-bond donors (Lipinski definition) is 2. The van der Waals surface area contributed by atoms with Crippen LogP contribution in [0.4, 0.5) is 0 Å². The van der Waals surface area contributed by atoms with Gasteiger partial charge in [-0.1, -0.05) is 24.3 Å². The van der Waals surface area contributed by atoms with Gasteiger partial charge in [-0.05, 0) is 45.0 Å². The summed E-state index contributed by atoms with van der Waals surface area (Å²) < 4.78 is 5.64. The van der Waals surface area contributed by atoms with Gasteiger partial charge < -0.3 is 20.3 Å². The van der Waals surface area contributed by atoms with Crippen molar-refractivity contribution in [3.05, 3.63) is 35.4 Å². The van der Waals surface area contributed by atoms with Crippen LogP contribution in [0.1, 0.15) is 30.9 Å². The van der Waals surface area contributed by atoms with Crippen LogP contribution in [0, 0.1) is 0 Å². The normalized spacial score (nSPS) is 18.4. The second kappa shape index (κ2) is 9.53. The second-order valence-corrected chi connectivity index (χ2v) is 6.27. The number of guanidine groups is 1. The van der Waals surface area contributed by atoms with Crippen LogP contribution in [-0.2, 0) is 17.8 Å². The molecule has 1 fully saturated rings. The summed E-state index contributed by atoms with van der Waals surface area (Å²) in [4.78, 5) is 6.84. The van der Waals surface area contributed by atoms with Crippen molar-refractivity contribution < 1.29 is 4.74 Å². The molecule has 0 bridgehead atoms. The summed E-state index contributed by atoms with van der Waals surface area (Å²) >= 11 is 0. The van der Waals surface area contributed by atoms with Crippen LogP contribution in [0.2, 0.25) is 0 Å². The molecule has 128 valence electrons. The molecule has 1 heterocycles. The van der Waals surface area contributed by atoms with Gasteiger partial charge in [-0.2, -0.15) is 0 Å². The van der Waals surface area contributed by atoms with Crippen LogP contribution in [0.3, 0.4) is 0 Å². The highest BCUT2D eigenvalue weighted by Gasteiger charge is 2.15. The van der Waals surface area contributed by atoms with Crippen molar-refractivity contribution in [3.8, 4) is 0 Å².